The van der Waals surface area contributed by atoms with Gasteiger partial charge < -0.3 is 30.2 Å². The minimum Gasteiger partial charge on any atom is -0.341 e. The van der Waals surface area contributed by atoms with Crippen LogP contribution in [0.1, 0.15) is 83.5 Å². The number of nitrogens with zero attached hydrogens (tertiary/aromatic N) is 3. The fourth-order valence-corrected chi connectivity index (χ4v) is 6.63. The van der Waals surface area contributed by atoms with Crippen LogP contribution in [0.3, 0.4) is 0 Å². The van der Waals surface area contributed by atoms with Crippen molar-refractivity contribution < 1.29 is 19.2 Å². The van der Waals surface area contributed by atoms with Crippen molar-refractivity contribution in [1.82, 2.24) is 30.4 Å². The predicted molar refractivity (Wildman–Crippen MR) is 174 cm³/mol. The van der Waals surface area contributed by atoms with Crippen LogP contribution in [0, 0.1) is 0 Å². The summed E-state index contributed by atoms with van der Waals surface area (Å²) in [5, 5.41) is 5.90. The Hall–Kier alpha value is -4.05. The number of carbonyl (C=O) groups excluding carboxylic acids is 4. The normalized spacial score (nSPS) is 20.9. The maximum atomic E-state index is 14.4. The summed E-state index contributed by atoms with van der Waals surface area (Å²) >= 11 is 0. The zero-order chi connectivity index (χ0) is 31.9. The molecule has 3 aromatic rings. The molecule has 240 valence electrons. The van der Waals surface area contributed by atoms with Crippen LogP contribution in [0.25, 0.3) is 22.2 Å². The smallest absolute Gasteiger partial charge is 0.247 e. The second kappa shape index (κ2) is 14.8. The number of para-hydroxylation sites is 1. The number of rotatable bonds is 12. The van der Waals surface area contributed by atoms with Crippen LogP contribution in [0.4, 0.5) is 0 Å². The van der Waals surface area contributed by atoms with E-state index in [0.29, 0.717) is 25.8 Å². The van der Waals surface area contributed by atoms with Gasteiger partial charge in [-0.25, -0.2) is 4.98 Å². The van der Waals surface area contributed by atoms with E-state index < -0.39 is 12.1 Å². The largest absolute Gasteiger partial charge is 0.341 e. The number of aromatic nitrogens is 2. The molecule has 2 fully saturated rings. The average molecular weight is 615 g/mol. The third-order valence-corrected chi connectivity index (χ3v) is 9.29. The summed E-state index contributed by atoms with van der Waals surface area (Å²) in [6, 6.07) is 14.6. The zero-order valence-corrected chi connectivity index (χ0v) is 26.7. The molecule has 0 aliphatic carbocycles. The van der Waals surface area contributed by atoms with Crippen LogP contribution in [-0.2, 0) is 19.2 Å². The minimum absolute atomic E-state index is 0.00371. The first-order valence-electron chi connectivity index (χ1n) is 16.4. The highest BCUT2D eigenvalue weighted by Crippen LogP contribution is 2.39. The van der Waals surface area contributed by atoms with Gasteiger partial charge in [0.05, 0.1) is 23.1 Å². The Morgan fingerprint density at radius 1 is 0.978 bits per heavy atom. The number of aromatic amines is 1. The number of nitrogens with one attached hydrogen (secondary N) is 3. The number of fused-ring (bicyclic) bond motifs is 2. The van der Waals surface area contributed by atoms with Gasteiger partial charge in [-0.15, -0.1) is 0 Å². The van der Waals surface area contributed by atoms with E-state index in [2.05, 4.69) is 33.8 Å². The highest BCUT2D eigenvalue weighted by atomic mass is 16.2. The molecule has 3 heterocycles. The fraction of sp³-hybridized carbons (Fsp3) is 0.514. The first kappa shape index (κ1) is 32.3. The Kier molecular flexibility index (Phi) is 10.7. The van der Waals surface area contributed by atoms with Gasteiger partial charge in [0, 0.05) is 37.5 Å². The minimum atomic E-state index is -0.861. The number of Topliss-reactive ketones (excluding diaryl/α,β-unsaturated/α-hetero) is 1. The van der Waals surface area contributed by atoms with E-state index in [0.717, 1.165) is 66.5 Å². The third-order valence-electron chi connectivity index (χ3n) is 9.29. The van der Waals surface area contributed by atoms with Gasteiger partial charge in [-0.05, 0) is 64.6 Å². The second-order valence-electron chi connectivity index (χ2n) is 12.5. The molecule has 2 aliphatic rings. The van der Waals surface area contributed by atoms with E-state index in [1.54, 1.807) is 25.8 Å². The van der Waals surface area contributed by atoms with E-state index in [-0.39, 0.29) is 42.1 Å². The lowest BCUT2D eigenvalue weighted by Gasteiger charge is -2.39. The first-order chi connectivity index (χ1) is 21.8. The molecule has 0 bridgehead atoms. The van der Waals surface area contributed by atoms with Crippen molar-refractivity contribution in [3.63, 3.8) is 0 Å². The van der Waals surface area contributed by atoms with Crippen LogP contribution in [0.2, 0.25) is 0 Å². The maximum Gasteiger partial charge on any atom is 0.247 e. The molecule has 2 aromatic carbocycles. The molecule has 0 saturated carbocycles. The van der Waals surface area contributed by atoms with Gasteiger partial charge in [0.1, 0.15) is 17.6 Å². The van der Waals surface area contributed by atoms with Gasteiger partial charge in [0.25, 0.3) is 0 Å². The van der Waals surface area contributed by atoms with Crippen molar-refractivity contribution in [2.75, 3.05) is 20.1 Å². The average Bonchev–Trinajstić information content (AvgIpc) is 3.66. The lowest BCUT2D eigenvalue weighted by Crippen LogP contribution is -2.60. The molecular formula is C35H46N6O4. The molecule has 10 nitrogen and oxygen atoms in total. The number of imidazole rings is 1. The Bertz CT molecular complexity index is 1500. The molecule has 0 spiro atoms. The molecule has 4 atom stereocenters. The van der Waals surface area contributed by atoms with Crippen LogP contribution in [-0.4, -0.2) is 81.5 Å². The topological polar surface area (TPSA) is 128 Å². The van der Waals surface area contributed by atoms with Gasteiger partial charge in [-0.3, -0.25) is 14.4 Å². The highest BCUT2D eigenvalue weighted by molar-refractivity contribution is 5.93. The van der Waals surface area contributed by atoms with Gasteiger partial charge in [0.15, 0.2) is 0 Å². The monoisotopic (exact) mass is 614 g/mol. The lowest BCUT2D eigenvalue weighted by molar-refractivity contribution is -0.144. The first-order valence-corrected chi connectivity index (χ1v) is 16.4. The van der Waals surface area contributed by atoms with Gasteiger partial charge >= 0.3 is 0 Å². The van der Waals surface area contributed by atoms with Crippen molar-refractivity contribution in [1.29, 1.82) is 0 Å². The van der Waals surface area contributed by atoms with Crippen molar-refractivity contribution >= 4 is 34.5 Å². The molecule has 0 radical (unpaired) electrons. The summed E-state index contributed by atoms with van der Waals surface area (Å²) in [7, 11) is 1.70. The van der Waals surface area contributed by atoms with E-state index >= 15 is 0 Å². The summed E-state index contributed by atoms with van der Waals surface area (Å²) in [6.07, 6.45) is 6.57. The number of hydrogen-bond acceptors (Lipinski definition) is 6. The maximum absolute atomic E-state index is 14.4. The number of unbranched alkanes of at least 4 members (excludes halogenated alkanes) is 3. The number of amides is 3. The standard InChI is InChI=1S/C35H46N6O4/c1-23(42)12-7-4-5-10-17-31(43)40-21-20-26-18-19-30(41(26)35(45)29(22-40)38-34(44)24(2)36-3)33-37-28-16-11-15-27(32(28)39-33)25-13-8-6-9-14-25/h6,8-9,11,13-16,24,26,29-30,36H,4-5,7,10,12,17-22H2,1-3H3,(H,37,39)(H,38,44)/t24-,26+,29-,30-/m0/s1. The Morgan fingerprint density at radius 2 is 1.73 bits per heavy atom. The van der Waals surface area contributed by atoms with Crippen molar-refractivity contribution in [3.8, 4) is 11.1 Å². The SMILES string of the molecule is CN[C@@H](C)C(=O)N[C@H]1CN(C(=O)CCCCCCC(C)=O)CC[C@H]2CC[C@@H](c3nc4c(-c5ccccc5)cccc4[nH]3)N2C1=O. The number of ketones is 1. The molecule has 10 heteroatoms. The summed E-state index contributed by atoms with van der Waals surface area (Å²) < 4.78 is 0. The van der Waals surface area contributed by atoms with Crippen molar-refractivity contribution in [3.05, 3.63) is 54.4 Å². The van der Waals surface area contributed by atoms with Crippen LogP contribution in [0.5, 0.6) is 0 Å². The Morgan fingerprint density at radius 3 is 2.47 bits per heavy atom. The molecule has 3 N–H and O–H groups in total. The van der Waals surface area contributed by atoms with Crippen molar-refractivity contribution in [2.45, 2.75) is 95.8 Å². The number of H-pyrrole nitrogens is 1. The van der Waals surface area contributed by atoms with E-state index in [9.17, 15) is 19.2 Å². The van der Waals surface area contributed by atoms with Gasteiger partial charge in [0.2, 0.25) is 17.7 Å². The highest BCUT2D eigenvalue weighted by Gasteiger charge is 2.44. The van der Waals surface area contributed by atoms with Crippen LogP contribution in [0.15, 0.2) is 48.5 Å². The van der Waals surface area contributed by atoms with E-state index in [1.807, 2.05) is 35.2 Å². The summed E-state index contributed by atoms with van der Waals surface area (Å²) in [4.78, 5) is 64.2. The number of hydrogen-bond donors (Lipinski definition) is 3. The zero-order valence-electron chi connectivity index (χ0n) is 26.7. The third kappa shape index (κ3) is 7.61. The number of likely N-dealkylation sites (N-methyl/N-ethyl adjacent to an activating group) is 1. The Balaban J connectivity index is 1.36. The lowest BCUT2D eigenvalue weighted by atomic mass is 10.0. The van der Waals surface area contributed by atoms with E-state index in [4.69, 9.17) is 4.98 Å². The molecule has 2 aliphatic heterocycles. The summed E-state index contributed by atoms with van der Waals surface area (Å²) in [6.45, 7) is 4.01. The number of carbonyl (C=O) groups is 4. The van der Waals surface area contributed by atoms with Gasteiger partial charge in [-0.2, -0.15) is 0 Å². The van der Waals surface area contributed by atoms with Crippen LogP contribution < -0.4 is 10.6 Å². The molecule has 3 amide bonds. The molecule has 1 aromatic heterocycles. The molecular weight excluding hydrogens is 568 g/mol. The molecule has 5 rings (SSSR count). The second-order valence-corrected chi connectivity index (χ2v) is 12.5. The molecule has 45 heavy (non-hydrogen) atoms. The number of benzene rings is 2. The van der Waals surface area contributed by atoms with E-state index in [1.165, 1.54) is 0 Å². The summed E-state index contributed by atoms with van der Waals surface area (Å²) in [5.74, 6) is 0.486. The van der Waals surface area contributed by atoms with Crippen LogP contribution >= 0.6 is 0 Å². The predicted octanol–water partition coefficient (Wildman–Crippen LogP) is 4.52. The molecule has 0 unspecified atom stereocenters. The summed E-state index contributed by atoms with van der Waals surface area (Å²) in [5.41, 5.74) is 3.89. The quantitative estimate of drug-likeness (QED) is 0.258. The Labute approximate surface area is 265 Å². The fourth-order valence-electron chi connectivity index (χ4n) is 6.63. The van der Waals surface area contributed by atoms with Crippen molar-refractivity contribution in [2.24, 2.45) is 0 Å². The van der Waals surface area contributed by atoms with Gasteiger partial charge in [-0.1, -0.05) is 55.3 Å². The molecule has 2 saturated heterocycles.